The van der Waals surface area contributed by atoms with Crippen molar-refractivity contribution in [2.24, 2.45) is 5.41 Å². The van der Waals surface area contributed by atoms with Crippen LogP contribution in [0.3, 0.4) is 0 Å². The Labute approximate surface area is 144 Å². The molecule has 4 rings (SSSR count). The van der Waals surface area contributed by atoms with E-state index in [1.807, 2.05) is 0 Å². The van der Waals surface area contributed by atoms with Gasteiger partial charge in [0.05, 0.1) is 5.41 Å². The molecule has 1 amide bonds. The molecule has 1 aromatic carbocycles. The molecule has 1 aromatic rings. The molecule has 0 aliphatic carbocycles. The first-order valence-electron chi connectivity index (χ1n) is 9.45. The van der Waals surface area contributed by atoms with E-state index in [0.29, 0.717) is 5.91 Å². The maximum atomic E-state index is 13.3. The SMILES string of the molecule is Cc1cc(N2CCCC2)ccc1N1CCCC2(CCOCC2)C1=O. The van der Waals surface area contributed by atoms with Gasteiger partial charge in [0, 0.05) is 44.2 Å². The smallest absolute Gasteiger partial charge is 0.233 e. The third kappa shape index (κ3) is 2.71. The van der Waals surface area contributed by atoms with Crippen molar-refractivity contribution in [3.05, 3.63) is 23.8 Å². The third-order valence-corrected chi connectivity index (χ3v) is 6.13. The van der Waals surface area contributed by atoms with Gasteiger partial charge in [-0.25, -0.2) is 0 Å². The number of aryl methyl sites for hydroxylation is 1. The zero-order valence-corrected chi connectivity index (χ0v) is 14.7. The standard InChI is InChI=1S/C20H28N2O2/c1-16-15-17(21-10-2-3-11-21)5-6-18(16)22-12-4-7-20(19(22)23)8-13-24-14-9-20/h5-6,15H,2-4,7-14H2,1H3. The van der Waals surface area contributed by atoms with Crippen molar-refractivity contribution in [2.75, 3.05) is 42.6 Å². The molecule has 0 N–H and O–H groups in total. The molecule has 0 unspecified atom stereocenters. The first-order valence-corrected chi connectivity index (χ1v) is 9.45. The van der Waals surface area contributed by atoms with Gasteiger partial charge in [0.15, 0.2) is 0 Å². The highest BCUT2D eigenvalue weighted by Crippen LogP contribution is 2.42. The lowest BCUT2D eigenvalue weighted by atomic mass is 9.73. The van der Waals surface area contributed by atoms with Gasteiger partial charge >= 0.3 is 0 Å². The van der Waals surface area contributed by atoms with E-state index in [0.717, 1.165) is 64.2 Å². The summed E-state index contributed by atoms with van der Waals surface area (Å²) < 4.78 is 5.51. The van der Waals surface area contributed by atoms with Crippen molar-refractivity contribution in [1.29, 1.82) is 0 Å². The summed E-state index contributed by atoms with van der Waals surface area (Å²) >= 11 is 0. The zero-order valence-electron chi connectivity index (χ0n) is 14.7. The van der Waals surface area contributed by atoms with Crippen LogP contribution in [0, 0.1) is 12.3 Å². The Balaban J connectivity index is 1.59. The fourth-order valence-corrected chi connectivity index (χ4v) is 4.64. The number of amides is 1. The van der Waals surface area contributed by atoms with E-state index in [4.69, 9.17) is 4.74 Å². The number of benzene rings is 1. The summed E-state index contributed by atoms with van der Waals surface area (Å²) in [5.74, 6) is 0.328. The van der Waals surface area contributed by atoms with Gasteiger partial charge in [-0.05, 0) is 69.2 Å². The van der Waals surface area contributed by atoms with E-state index < -0.39 is 0 Å². The van der Waals surface area contributed by atoms with Crippen molar-refractivity contribution < 1.29 is 9.53 Å². The summed E-state index contributed by atoms with van der Waals surface area (Å²) in [7, 11) is 0. The fraction of sp³-hybridized carbons (Fsp3) is 0.650. The van der Waals surface area contributed by atoms with Crippen LogP contribution < -0.4 is 9.80 Å². The lowest BCUT2D eigenvalue weighted by Crippen LogP contribution is -2.51. The number of rotatable bonds is 2. The summed E-state index contributed by atoms with van der Waals surface area (Å²) in [5.41, 5.74) is 3.46. The van der Waals surface area contributed by atoms with Crippen LogP contribution in [0.5, 0.6) is 0 Å². The van der Waals surface area contributed by atoms with Gasteiger partial charge in [0.2, 0.25) is 5.91 Å². The first-order chi connectivity index (χ1) is 11.7. The van der Waals surface area contributed by atoms with E-state index in [-0.39, 0.29) is 5.41 Å². The molecule has 1 spiro atoms. The van der Waals surface area contributed by atoms with Crippen molar-refractivity contribution in [3.8, 4) is 0 Å². The van der Waals surface area contributed by atoms with Crippen molar-refractivity contribution >= 4 is 17.3 Å². The average Bonchev–Trinajstić information content (AvgIpc) is 3.13. The first kappa shape index (κ1) is 15.9. The lowest BCUT2D eigenvalue weighted by Gasteiger charge is -2.44. The van der Waals surface area contributed by atoms with Gasteiger partial charge in [0.25, 0.3) is 0 Å². The molecule has 3 fully saturated rings. The zero-order chi connectivity index (χ0) is 16.6. The monoisotopic (exact) mass is 328 g/mol. The highest BCUT2D eigenvalue weighted by molar-refractivity contribution is 5.99. The minimum Gasteiger partial charge on any atom is -0.381 e. The molecule has 0 bridgehead atoms. The Morgan fingerprint density at radius 3 is 2.46 bits per heavy atom. The highest BCUT2D eigenvalue weighted by Gasteiger charge is 2.45. The summed E-state index contributed by atoms with van der Waals surface area (Å²) in [6.07, 6.45) is 6.46. The van der Waals surface area contributed by atoms with Crippen LogP contribution in [-0.4, -0.2) is 38.8 Å². The largest absolute Gasteiger partial charge is 0.381 e. The van der Waals surface area contributed by atoms with Crippen LogP contribution in [0.15, 0.2) is 18.2 Å². The molecule has 4 heteroatoms. The lowest BCUT2D eigenvalue weighted by molar-refractivity contribution is -0.136. The van der Waals surface area contributed by atoms with Crippen LogP contribution >= 0.6 is 0 Å². The van der Waals surface area contributed by atoms with Crippen molar-refractivity contribution in [1.82, 2.24) is 0 Å². The van der Waals surface area contributed by atoms with Crippen molar-refractivity contribution in [3.63, 3.8) is 0 Å². The molecule has 0 atom stereocenters. The number of anilines is 2. The molecule has 0 aromatic heterocycles. The van der Waals surface area contributed by atoms with E-state index in [1.165, 1.54) is 24.1 Å². The number of hydrogen-bond donors (Lipinski definition) is 0. The number of hydrogen-bond acceptors (Lipinski definition) is 3. The third-order valence-electron chi connectivity index (χ3n) is 6.13. The maximum Gasteiger partial charge on any atom is 0.233 e. The second kappa shape index (κ2) is 6.40. The van der Waals surface area contributed by atoms with Gasteiger partial charge in [-0.1, -0.05) is 0 Å². The molecule has 3 heterocycles. The quantitative estimate of drug-likeness (QED) is 0.833. The predicted molar refractivity (Wildman–Crippen MR) is 96.7 cm³/mol. The number of piperidine rings is 1. The summed E-state index contributed by atoms with van der Waals surface area (Å²) in [6.45, 7) is 6.77. The van der Waals surface area contributed by atoms with Gasteiger partial charge in [0.1, 0.15) is 0 Å². The van der Waals surface area contributed by atoms with E-state index in [1.54, 1.807) is 0 Å². The minimum atomic E-state index is -0.170. The molecule has 4 nitrogen and oxygen atoms in total. The van der Waals surface area contributed by atoms with Gasteiger partial charge < -0.3 is 14.5 Å². The van der Waals surface area contributed by atoms with E-state index in [2.05, 4.69) is 34.9 Å². The molecule has 3 aliphatic heterocycles. The number of carbonyl (C=O) groups excluding carboxylic acids is 1. The minimum absolute atomic E-state index is 0.170. The Hall–Kier alpha value is -1.55. The molecule has 130 valence electrons. The average molecular weight is 328 g/mol. The molecule has 0 saturated carbocycles. The number of ether oxygens (including phenoxy) is 1. The van der Waals surface area contributed by atoms with Crippen LogP contribution in [-0.2, 0) is 9.53 Å². The van der Waals surface area contributed by atoms with E-state index in [9.17, 15) is 4.79 Å². The topological polar surface area (TPSA) is 32.8 Å². The van der Waals surface area contributed by atoms with Crippen LogP contribution in [0.25, 0.3) is 0 Å². The Kier molecular flexibility index (Phi) is 4.25. The predicted octanol–water partition coefficient (Wildman–Crippen LogP) is 3.52. The number of nitrogens with zero attached hydrogens (tertiary/aromatic N) is 2. The molecule has 24 heavy (non-hydrogen) atoms. The van der Waals surface area contributed by atoms with Crippen LogP contribution in [0.4, 0.5) is 11.4 Å². The Morgan fingerprint density at radius 1 is 1.00 bits per heavy atom. The van der Waals surface area contributed by atoms with Crippen LogP contribution in [0.2, 0.25) is 0 Å². The molecular formula is C20H28N2O2. The van der Waals surface area contributed by atoms with Gasteiger partial charge in [-0.3, -0.25) is 4.79 Å². The number of carbonyl (C=O) groups is 1. The van der Waals surface area contributed by atoms with E-state index >= 15 is 0 Å². The summed E-state index contributed by atoms with van der Waals surface area (Å²) in [4.78, 5) is 17.8. The fourth-order valence-electron chi connectivity index (χ4n) is 4.64. The van der Waals surface area contributed by atoms with Crippen molar-refractivity contribution in [2.45, 2.75) is 45.4 Å². The second-order valence-electron chi connectivity index (χ2n) is 7.62. The van der Waals surface area contributed by atoms with Gasteiger partial charge in [-0.15, -0.1) is 0 Å². The van der Waals surface area contributed by atoms with Crippen LogP contribution in [0.1, 0.15) is 44.1 Å². The highest BCUT2D eigenvalue weighted by atomic mass is 16.5. The second-order valence-corrected chi connectivity index (χ2v) is 7.62. The molecule has 0 radical (unpaired) electrons. The summed E-state index contributed by atoms with van der Waals surface area (Å²) in [6, 6.07) is 6.63. The van der Waals surface area contributed by atoms with Gasteiger partial charge in [-0.2, -0.15) is 0 Å². The Bertz CT molecular complexity index is 611. The molecule has 3 aliphatic rings. The molecule has 3 saturated heterocycles. The maximum absolute atomic E-state index is 13.3. The normalized spacial score (nSPS) is 24.0. The summed E-state index contributed by atoms with van der Waals surface area (Å²) in [5, 5.41) is 0. The molecular weight excluding hydrogens is 300 g/mol. The Morgan fingerprint density at radius 2 is 1.75 bits per heavy atom.